The van der Waals surface area contributed by atoms with Crippen molar-refractivity contribution < 1.29 is 8.42 Å². The molecule has 0 spiro atoms. The van der Waals surface area contributed by atoms with Crippen LogP contribution >= 0.6 is 0 Å². The summed E-state index contributed by atoms with van der Waals surface area (Å²) in [5.41, 5.74) is 0.778. The lowest BCUT2D eigenvalue weighted by molar-refractivity contribution is 0.130. The van der Waals surface area contributed by atoms with Crippen LogP contribution in [0.5, 0.6) is 0 Å². The Morgan fingerprint density at radius 1 is 1.60 bits per heavy atom. The minimum atomic E-state index is -2.91. The third-order valence-corrected chi connectivity index (χ3v) is 6.15. The summed E-state index contributed by atoms with van der Waals surface area (Å²) in [6, 6.07) is 0. The van der Waals surface area contributed by atoms with Crippen LogP contribution in [0, 0.1) is 6.92 Å². The molecule has 0 aromatic carbocycles. The van der Waals surface area contributed by atoms with Gasteiger partial charge in [-0.05, 0) is 20.3 Å². The summed E-state index contributed by atoms with van der Waals surface area (Å²) in [4.78, 5) is 6.49. The van der Waals surface area contributed by atoms with Gasteiger partial charge in [-0.1, -0.05) is 6.08 Å². The molecule has 0 bridgehead atoms. The van der Waals surface area contributed by atoms with Crippen molar-refractivity contribution in [2.75, 3.05) is 18.1 Å². The Labute approximate surface area is 121 Å². The molecule has 5 nitrogen and oxygen atoms in total. The van der Waals surface area contributed by atoms with E-state index in [9.17, 15) is 8.42 Å². The van der Waals surface area contributed by atoms with Gasteiger partial charge in [0.15, 0.2) is 9.84 Å². The normalized spacial score (nSPS) is 25.2. The minimum Gasteiger partial charge on any atom is -0.334 e. The number of sulfone groups is 1. The van der Waals surface area contributed by atoms with E-state index in [1.54, 1.807) is 0 Å². The number of aryl methyl sites for hydroxylation is 1. The van der Waals surface area contributed by atoms with Crippen LogP contribution in [-0.4, -0.2) is 46.5 Å². The van der Waals surface area contributed by atoms with E-state index in [0.29, 0.717) is 19.5 Å². The molecule has 1 aromatic rings. The van der Waals surface area contributed by atoms with Crippen molar-refractivity contribution >= 4 is 9.84 Å². The molecule has 1 fully saturated rings. The summed E-state index contributed by atoms with van der Waals surface area (Å²) in [5.74, 6) is 1.47. The lowest BCUT2D eigenvalue weighted by Crippen LogP contribution is -2.47. The van der Waals surface area contributed by atoms with Gasteiger partial charge in [0.2, 0.25) is 0 Å². The maximum Gasteiger partial charge on any atom is 0.152 e. The highest BCUT2D eigenvalue weighted by Gasteiger charge is 2.42. The molecule has 0 N–H and O–H groups in total. The molecule has 1 aliphatic rings. The first-order valence-corrected chi connectivity index (χ1v) is 8.63. The smallest absolute Gasteiger partial charge is 0.152 e. The molecule has 112 valence electrons. The Bertz CT molecular complexity index is 606. The molecule has 1 aliphatic heterocycles. The largest absolute Gasteiger partial charge is 0.334 e. The van der Waals surface area contributed by atoms with Gasteiger partial charge in [-0.3, -0.25) is 4.90 Å². The highest BCUT2D eigenvalue weighted by Crippen LogP contribution is 2.30. The highest BCUT2D eigenvalue weighted by atomic mass is 32.2. The first-order valence-electron chi connectivity index (χ1n) is 6.81. The van der Waals surface area contributed by atoms with Crippen LogP contribution in [0.25, 0.3) is 0 Å². The zero-order chi connectivity index (χ0) is 15.0. The standard InChI is InChI=1S/C14H23N3O2S/c1-5-7-17(10-13-9-15-12(2)16(13)4)14(3)6-8-20(18,19)11-14/h5,9H,1,6-8,10-11H2,2-4H3/t14-/m1/s1. The summed E-state index contributed by atoms with van der Waals surface area (Å²) >= 11 is 0. The monoisotopic (exact) mass is 297 g/mol. The van der Waals surface area contributed by atoms with Gasteiger partial charge < -0.3 is 4.57 Å². The van der Waals surface area contributed by atoms with Crippen molar-refractivity contribution in [2.24, 2.45) is 7.05 Å². The fourth-order valence-corrected chi connectivity index (χ4v) is 4.94. The summed E-state index contributed by atoms with van der Waals surface area (Å²) in [7, 11) is -0.929. The molecule has 1 saturated heterocycles. The number of rotatable bonds is 5. The van der Waals surface area contributed by atoms with E-state index < -0.39 is 9.84 Å². The summed E-state index contributed by atoms with van der Waals surface area (Å²) in [6.07, 6.45) is 4.37. The molecule has 0 unspecified atom stereocenters. The second kappa shape index (κ2) is 5.33. The van der Waals surface area contributed by atoms with Crippen molar-refractivity contribution in [2.45, 2.75) is 32.4 Å². The molecule has 1 atom stereocenters. The Kier molecular flexibility index (Phi) is 4.07. The Balaban J connectivity index is 2.24. The minimum absolute atomic E-state index is 0.227. The second-order valence-corrected chi connectivity index (χ2v) is 8.05. The Hall–Kier alpha value is -1.14. The lowest BCUT2D eigenvalue weighted by atomic mass is 9.99. The van der Waals surface area contributed by atoms with Crippen molar-refractivity contribution in [3.63, 3.8) is 0 Å². The number of aromatic nitrogens is 2. The van der Waals surface area contributed by atoms with Crippen LogP contribution < -0.4 is 0 Å². The second-order valence-electron chi connectivity index (χ2n) is 5.86. The van der Waals surface area contributed by atoms with E-state index >= 15 is 0 Å². The van der Waals surface area contributed by atoms with Gasteiger partial charge in [0, 0.05) is 31.9 Å². The highest BCUT2D eigenvalue weighted by molar-refractivity contribution is 7.91. The molecule has 0 saturated carbocycles. The molecular formula is C14H23N3O2S. The van der Waals surface area contributed by atoms with Crippen molar-refractivity contribution in [3.05, 3.63) is 30.4 Å². The van der Waals surface area contributed by atoms with Crippen molar-refractivity contribution in [1.82, 2.24) is 14.5 Å². The first-order chi connectivity index (χ1) is 9.27. The summed E-state index contributed by atoms with van der Waals surface area (Å²) < 4.78 is 25.7. The fraction of sp³-hybridized carbons (Fsp3) is 0.643. The van der Waals surface area contributed by atoms with Gasteiger partial charge in [-0.25, -0.2) is 13.4 Å². The van der Waals surface area contributed by atoms with Crippen molar-refractivity contribution in [3.8, 4) is 0 Å². The fourth-order valence-electron chi connectivity index (χ4n) is 2.77. The molecule has 20 heavy (non-hydrogen) atoms. The maximum absolute atomic E-state index is 11.8. The summed E-state index contributed by atoms with van der Waals surface area (Å²) in [5, 5.41) is 0. The number of nitrogens with zero attached hydrogens (tertiary/aromatic N) is 3. The molecule has 0 aliphatic carbocycles. The van der Waals surface area contributed by atoms with Gasteiger partial charge >= 0.3 is 0 Å². The molecule has 0 radical (unpaired) electrons. The van der Waals surface area contributed by atoms with Gasteiger partial charge in [-0.15, -0.1) is 6.58 Å². The van der Waals surface area contributed by atoms with Gasteiger partial charge in [0.05, 0.1) is 17.2 Å². The van der Waals surface area contributed by atoms with Crippen LogP contribution in [0.4, 0.5) is 0 Å². The van der Waals surface area contributed by atoms with Crippen LogP contribution in [0.3, 0.4) is 0 Å². The molecular weight excluding hydrogens is 274 g/mol. The Morgan fingerprint density at radius 3 is 2.75 bits per heavy atom. The third-order valence-electron chi connectivity index (χ3n) is 4.26. The van der Waals surface area contributed by atoms with E-state index in [-0.39, 0.29) is 17.0 Å². The van der Waals surface area contributed by atoms with Gasteiger partial charge in [-0.2, -0.15) is 0 Å². The predicted molar refractivity (Wildman–Crippen MR) is 80.2 cm³/mol. The van der Waals surface area contributed by atoms with Gasteiger partial charge in [0.25, 0.3) is 0 Å². The topological polar surface area (TPSA) is 55.2 Å². The molecule has 0 amide bonds. The molecule has 6 heteroatoms. The zero-order valence-electron chi connectivity index (χ0n) is 12.5. The zero-order valence-corrected chi connectivity index (χ0v) is 13.3. The van der Waals surface area contributed by atoms with E-state index in [4.69, 9.17) is 0 Å². The van der Waals surface area contributed by atoms with Crippen molar-refractivity contribution in [1.29, 1.82) is 0 Å². The molecule has 2 rings (SSSR count). The predicted octanol–water partition coefficient (Wildman–Crippen LogP) is 1.29. The van der Waals surface area contributed by atoms with Crippen LogP contribution in [0.15, 0.2) is 18.9 Å². The van der Waals surface area contributed by atoms with E-state index in [0.717, 1.165) is 11.5 Å². The quantitative estimate of drug-likeness (QED) is 0.769. The maximum atomic E-state index is 11.8. The van der Waals surface area contributed by atoms with E-state index in [1.807, 2.05) is 37.7 Å². The lowest BCUT2D eigenvalue weighted by Gasteiger charge is -2.36. The first kappa shape index (κ1) is 15.3. The molecule has 1 aromatic heterocycles. The van der Waals surface area contributed by atoms with E-state index in [1.165, 1.54) is 0 Å². The average Bonchev–Trinajstić information content (AvgIpc) is 2.82. The third kappa shape index (κ3) is 2.96. The SMILES string of the molecule is C=CCN(Cc1cnc(C)n1C)[C@]1(C)CCS(=O)(=O)C1. The van der Waals surface area contributed by atoms with Gasteiger partial charge in [0.1, 0.15) is 5.82 Å². The average molecular weight is 297 g/mol. The number of hydrogen-bond donors (Lipinski definition) is 0. The number of hydrogen-bond acceptors (Lipinski definition) is 4. The van der Waals surface area contributed by atoms with E-state index in [2.05, 4.69) is 16.5 Å². The van der Waals surface area contributed by atoms with Crippen LogP contribution in [0.1, 0.15) is 24.9 Å². The Morgan fingerprint density at radius 2 is 2.30 bits per heavy atom. The van der Waals surface area contributed by atoms with Crippen LogP contribution in [-0.2, 0) is 23.4 Å². The van der Waals surface area contributed by atoms with Crippen LogP contribution in [0.2, 0.25) is 0 Å². The molecule has 2 heterocycles. The number of imidazole rings is 1. The summed E-state index contributed by atoms with van der Waals surface area (Å²) in [6.45, 7) is 9.16.